The number of nitro groups is 1. The van der Waals surface area contributed by atoms with E-state index >= 15 is 0 Å². The van der Waals surface area contributed by atoms with E-state index in [-0.39, 0.29) is 15.7 Å². The molecular formula is C13H9Cl2NO5S. The molecule has 0 amide bonds. The van der Waals surface area contributed by atoms with Gasteiger partial charge in [0.1, 0.15) is 15.7 Å². The zero-order chi connectivity index (χ0) is 16.5. The molecule has 0 aliphatic rings. The number of nitro benzene ring substituents is 1. The summed E-state index contributed by atoms with van der Waals surface area (Å²) in [7, 11) is -4.23. The standard InChI is InChI=1S/C13H9Cl2NO5S/c1-8-6-9(14)2-5-13(8)21-22(19,20)10-3-4-11(15)12(7-10)16(17)18/h2-7H,1H3. The Morgan fingerprint density at radius 2 is 1.82 bits per heavy atom. The third-order valence-electron chi connectivity index (χ3n) is 2.74. The average Bonchev–Trinajstić information content (AvgIpc) is 2.42. The summed E-state index contributed by atoms with van der Waals surface area (Å²) in [6.07, 6.45) is 0. The van der Waals surface area contributed by atoms with Crippen LogP contribution in [0, 0.1) is 17.0 Å². The summed E-state index contributed by atoms with van der Waals surface area (Å²) in [4.78, 5) is 9.69. The van der Waals surface area contributed by atoms with Crippen molar-refractivity contribution < 1.29 is 17.5 Å². The first-order valence-corrected chi connectivity index (χ1v) is 8.02. The Morgan fingerprint density at radius 3 is 2.41 bits per heavy atom. The number of benzene rings is 2. The molecule has 0 radical (unpaired) electrons. The maximum atomic E-state index is 12.2. The maximum absolute atomic E-state index is 12.2. The lowest BCUT2D eigenvalue weighted by atomic mass is 10.2. The molecule has 0 atom stereocenters. The second-order valence-electron chi connectivity index (χ2n) is 4.32. The van der Waals surface area contributed by atoms with Crippen molar-refractivity contribution in [3.8, 4) is 5.75 Å². The van der Waals surface area contributed by atoms with Gasteiger partial charge in [0.2, 0.25) is 0 Å². The molecule has 2 aromatic carbocycles. The summed E-state index contributed by atoms with van der Waals surface area (Å²) in [5.41, 5.74) is -0.00120. The third kappa shape index (κ3) is 3.49. The van der Waals surface area contributed by atoms with E-state index in [1.54, 1.807) is 6.92 Å². The van der Waals surface area contributed by atoms with Crippen LogP contribution >= 0.6 is 23.2 Å². The summed E-state index contributed by atoms with van der Waals surface area (Å²) in [6.45, 7) is 1.63. The van der Waals surface area contributed by atoms with Crippen LogP contribution in [0.3, 0.4) is 0 Å². The average molecular weight is 362 g/mol. The van der Waals surface area contributed by atoms with Crippen molar-refractivity contribution in [3.05, 3.63) is 62.1 Å². The van der Waals surface area contributed by atoms with Gasteiger partial charge in [-0.15, -0.1) is 0 Å². The quantitative estimate of drug-likeness (QED) is 0.467. The van der Waals surface area contributed by atoms with Crippen LogP contribution in [0.25, 0.3) is 0 Å². The van der Waals surface area contributed by atoms with Crippen LogP contribution in [0.5, 0.6) is 5.75 Å². The SMILES string of the molecule is Cc1cc(Cl)ccc1OS(=O)(=O)c1ccc(Cl)c([N+](=O)[O-])c1. The van der Waals surface area contributed by atoms with Crippen molar-refractivity contribution in [2.45, 2.75) is 11.8 Å². The van der Waals surface area contributed by atoms with Gasteiger partial charge in [-0.05, 0) is 42.8 Å². The minimum Gasteiger partial charge on any atom is -0.379 e. The maximum Gasteiger partial charge on any atom is 0.339 e. The minimum absolute atomic E-state index is 0.0852. The van der Waals surface area contributed by atoms with Crippen LogP contribution in [0.4, 0.5) is 5.69 Å². The molecule has 116 valence electrons. The molecule has 0 fully saturated rings. The summed E-state index contributed by atoms with van der Waals surface area (Å²) in [6, 6.07) is 7.53. The highest BCUT2D eigenvalue weighted by Gasteiger charge is 2.23. The Hall–Kier alpha value is -1.83. The van der Waals surface area contributed by atoms with E-state index in [1.165, 1.54) is 18.2 Å². The fraction of sp³-hybridized carbons (Fsp3) is 0.0769. The van der Waals surface area contributed by atoms with Crippen LogP contribution in [0.15, 0.2) is 41.3 Å². The van der Waals surface area contributed by atoms with Gasteiger partial charge >= 0.3 is 10.1 Å². The molecule has 2 rings (SSSR count). The molecule has 0 saturated carbocycles. The molecule has 0 aliphatic carbocycles. The largest absolute Gasteiger partial charge is 0.379 e. The van der Waals surface area contributed by atoms with Gasteiger partial charge in [0.05, 0.1) is 4.92 Å². The molecule has 0 heterocycles. The Kier molecular flexibility index (Phi) is 4.60. The normalized spacial score (nSPS) is 11.2. The number of halogens is 2. The van der Waals surface area contributed by atoms with Crippen LogP contribution in [-0.4, -0.2) is 13.3 Å². The Bertz CT molecular complexity index is 852. The van der Waals surface area contributed by atoms with E-state index in [0.717, 1.165) is 18.2 Å². The lowest BCUT2D eigenvalue weighted by Gasteiger charge is -2.09. The summed E-state index contributed by atoms with van der Waals surface area (Å²) >= 11 is 11.4. The highest BCUT2D eigenvalue weighted by atomic mass is 35.5. The van der Waals surface area contributed by atoms with E-state index in [4.69, 9.17) is 27.4 Å². The number of nitrogens with zero attached hydrogens (tertiary/aromatic N) is 1. The zero-order valence-electron chi connectivity index (χ0n) is 11.1. The molecule has 0 N–H and O–H groups in total. The van der Waals surface area contributed by atoms with E-state index in [9.17, 15) is 18.5 Å². The molecule has 0 aliphatic heterocycles. The number of aryl methyl sites for hydroxylation is 1. The molecule has 22 heavy (non-hydrogen) atoms. The topological polar surface area (TPSA) is 86.5 Å². The van der Waals surface area contributed by atoms with Crippen molar-refractivity contribution in [1.29, 1.82) is 0 Å². The molecule has 6 nitrogen and oxygen atoms in total. The zero-order valence-corrected chi connectivity index (χ0v) is 13.4. The lowest BCUT2D eigenvalue weighted by molar-refractivity contribution is -0.384. The molecule has 0 spiro atoms. The van der Waals surface area contributed by atoms with Gasteiger partial charge in [-0.2, -0.15) is 8.42 Å². The van der Waals surface area contributed by atoms with Crippen LogP contribution in [0.1, 0.15) is 5.56 Å². The second-order valence-corrected chi connectivity index (χ2v) is 6.71. The van der Waals surface area contributed by atoms with Crippen LogP contribution in [0.2, 0.25) is 10.0 Å². The third-order valence-corrected chi connectivity index (χ3v) is 4.52. The van der Waals surface area contributed by atoms with Crippen molar-refractivity contribution in [2.75, 3.05) is 0 Å². The molecule has 9 heteroatoms. The fourth-order valence-corrected chi connectivity index (χ4v) is 3.08. The molecule has 0 aromatic heterocycles. The first-order valence-electron chi connectivity index (χ1n) is 5.85. The van der Waals surface area contributed by atoms with Crippen molar-refractivity contribution in [3.63, 3.8) is 0 Å². The molecule has 0 saturated heterocycles. The lowest BCUT2D eigenvalue weighted by Crippen LogP contribution is -2.11. The highest BCUT2D eigenvalue weighted by Crippen LogP contribution is 2.30. The summed E-state index contributed by atoms with van der Waals surface area (Å²) in [5.74, 6) is 0.0852. The monoisotopic (exact) mass is 361 g/mol. The Balaban J connectivity index is 2.42. The van der Waals surface area contributed by atoms with Gasteiger partial charge in [-0.25, -0.2) is 0 Å². The Morgan fingerprint density at radius 1 is 1.14 bits per heavy atom. The van der Waals surface area contributed by atoms with Gasteiger partial charge in [-0.3, -0.25) is 10.1 Å². The smallest absolute Gasteiger partial charge is 0.339 e. The van der Waals surface area contributed by atoms with Crippen LogP contribution < -0.4 is 4.18 Å². The molecule has 2 aromatic rings. The van der Waals surface area contributed by atoms with E-state index in [0.29, 0.717) is 10.6 Å². The predicted molar refractivity (Wildman–Crippen MR) is 82.1 cm³/mol. The summed E-state index contributed by atoms with van der Waals surface area (Å²) < 4.78 is 29.4. The van der Waals surface area contributed by atoms with Gasteiger partial charge in [-0.1, -0.05) is 23.2 Å². The van der Waals surface area contributed by atoms with E-state index in [1.807, 2.05) is 0 Å². The van der Waals surface area contributed by atoms with Crippen molar-refractivity contribution >= 4 is 39.0 Å². The Labute approximate surface area is 136 Å². The van der Waals surface area contributed by atoms with Gasteiger partial charge in [0.15, 0.2) is 0 Å². The first kappa shape index (κ1) is 16.5. The number of rotatable bonds is 4. The van der Waals surface area contributed by atoms with Crippen molar-refractivity contribution in [1.82, 2.24) is 0 Å². The van der Waals surface area contributed by atoms with E-state index in [2.05, 4.69) is 0 Å². The van der Waals surface area contributed by atoms with Gasteiger partial charge < -0.3 is 4.18 Å². The molecule has 0 unspecified atom stereocenters. The molecule has 0 bridgehead atoms. The highest BCUT2D eigenvalue weighted by molar-refractivity contribution is 7.87. The number of hydrogen-bond acceptors (Lipinski definition) is 5. The first-order chi connectivity index (χ1) is 10.2. The minimum atomic E-state index is -4.23. The van der Waals surface area contributed by atoms with Gasteiger partial charge in [0, 0.05) is 11.1 Å². The second kappa shape index (κ2) is 6.12. The van der Waals surface area contributed by atoms with Crippen molar-refractivity contribution in [2.24, 2.45) is 0 Å². The predicted octanol–water partition coefficient (Wildman–Crippen LogP) is 3.98. The summed E-state index contributed by atoms with van der Waals surface area (Å²) in [5, 5.41) is 11.1. The van der Waals surface area contributed by atoms with Crippen LogP contribution in [-0.2, 0) is 10.1 Å². The van der Waals surface area contributed by atoms with Gasteiger partial charge in [0.25, 0.3) is 5.69 Å². The van der Waals surface area contributed by atoms with E-state index < -0.39 is 20.7 Å². The molecular weight excluding hydrogens is 353 g/mol. The fourth-order valence-electron chi connectivity index (χ4n) is 1.66. The number of hydrogen-bond donors (Lipinski definition) is 0.